The van der Waals surface area contributed by atoms with Crippen LogP contribution < -0.4 is 10.6 Å². The summed E-state index contributed by atoms with van der Waals surface area (Å²) >= 11 is 0. The minimum absolute atomic E-state index is 0.0785. The summed E-state index contributed by atoms with van der Waals surface area (Å²) in [7, 11) is 0. The van der Waals surface area contributed by atoms with Crippen LogP contribution in [0.5, 0.6) is 0 Å². The Labute approximate surface area is 119 Å². The minimum atomic E-state index is -0.0785. The molecule has 1 atom stereocenters. The largest absolute Gasteiger partial charge is 0.381 e. The number of rotatable bonds is 3. The van der Waals surface area contributed by atoms with Gasteiger partial charge in [-0.25, -0.2) is 0 Å². The maximum atomic E-state index is 12.3. The third kappa shape index (κ3) is 3.19. The van der Waals surface area contributed by atoms with Crippen LogP contribution in [0.15, 0.2) is 24.3 Å². The van der Waals surface area contributed by atoms with Gasteiger partial charge in [-0.15, -0.1) is 0 Å². The molecule has 0 radical (unpaired) electrons. The number of ether oxygens (including phenoxy) is 1. The first-order valence-electron chi connectivity index (χ1n) is 7.53. The molecular weight excluding hydrogens is 252 g/mol. The Bertz CT molecular complexity index is 469. The second-order valence-electron chi connectivity index (χ2n) is 5.70. The van der Waals surface area contributed by atoms with E-state index in [0.717, 1.165) is 51.1 Å². The van der Waals surface area contributed by atoms with E-state index >= 15 is 0 Å². The molecule has 1 aromatic rings. The fraction of sp³-hybridized carbons (Fsp3) is 0.562. The molecular formula is C16H22N2O2. The molecule has 1 aromatic carbocycles. The number of para-hydroxylation sites is 1. The van der Waals surface area contributed by atoms with Gasteiger partial charge >= 0.3 is 0 Å². The SMILES string of the molecule is O=C1Nc2ccccc2CCC1NCC1CCOCC1. The topological polar surface area (TPSA) is 50.4 Å². The molecule has 1 saturated heterocycles. The Morgan fingerprint density at radius 1 is 1.20 bits per heavy atom. The summed E-state index contributed by atoms with van der Waals surface area (Å²) in [5, 5.41) is 6.48. The smallest absolute Gasteiger partial charge is 0.241 e. The molecule has 4 nitrogen and oxygen atoms in total. The summed E-state index contributed by atoms with van der Waals surface area (Å²) < 4.78 is 5.37. The average molecular weight is 274 g/mol. The predicted molar refractivity (Wildman–Crippen MR) is 78.7 cm³/mol. The summed E-state index contributed by atoms with van der Waals surface area (Å²) in [6, 6.07) is 7.99. The van der Waals surface area contributed by atoms with Crippen LogP contribution in [0.25, 0.3) is 0 Å². The van der Waals surface area contributed by atoms with Crippen LogP contribution >= 0.6 is 0 Å². The summed E-state index contributed by atoms with van der Waals surface area (Å²) in [6.45, 7) is 2.63. The van der Waals surface area contributed by atoms with Crippen molar-refractivity contribution in [3.63, 3.8) is 0 Å². The monoisotopic (exact) mass is 274 g/mol. The predicted octanol–water partition coefficient (Wildman–Crippen LogP) is 1.96. The lowest BCUT2D eigenvalue weighted by atomic mass is 9.99. The number of anilines is 1. The van der Waals surface area contributed by atoms with Gasteiger partial charge < -0.3 is 15.4 Å². The summed E-state index contributed by atoms with van der Waals surface area (Å²) in [5.74, 6) is 0.740. The van der Waals surface area contributed by atoms with Crippen molar-refractivity contribution >= 4 is 11.6 Å². The van der Waals surface area contributed by atoms with Gasteiger partial charge in [0.25, 0.3) is 0 Å². The molecule has 2 aliphatic heterocycles. The average Bonchev–Trinajstić information content (AvgIpc) is 2.65. The Balaban J connectivity index is 1.57. The molecule has 1 fully saturated rings. The quantitative estimate of drug-likeness (QED) is 0.886. The van der Waals surface area contributed by atoms with Crippen molar-refractivity contribution in [3.8, 4) is 0 Å². The Hall–Kier alpha value is -1.39. The molecule has 2 aliphatic rings. The van der Waals surface area contributed by atoms with Crippen molar-refractivity contribution in [2.24, 2.45) is 5.92 Å². The molecule has 3 rings (SSSR count). The van der Waals surface area contributed by atoms with Gasteiger partial charge in [0, 0.05) is 18.9 Å². The lowest BCUT2D eigenvalue weighted by Gasteiger charge is -2.24. The standard InChI is InChI=1S/C16H22N2O2/c19-16-15(17-11-12-7-9-20-10-8-12)6-5-13-3-1-2-4-14(13)18-16/h1-4,12,15,17H,5-11H2,(H,18,19). The van der Waals surface area contributed by atoms with E-state index < -0.39 is 0 Å². The Morgan fingerprint density at radius 3 is 2.85 bits per heavy atom. The van der Waals surface area contributed by atoms with Gasteiger partial charge in [0.15, 0.2) is 0 Å². The third-order valence-electron chi connectivity index (χ3n) is 4.29. The lowest BCUT2D eigenvalue weighted by molar-refractivity contribution is -0.118. The summed E-state index contributed by atoms with van der Waals surface area (Å²) in [6.07, 6.45) is 4.01. The molecule has 0 spiro atoms. The van der Waals surface area contributed by atoms with Gasteiger partial charge in [-0.2, -0.15) is 0 Å². The zero-order valence-electron chi connectivity index (χ0n) is 11.7. The first-order chi connectivity index (χ1) is 9.83. The van der Waals surface area contributed by atoms with Gasteiger partial charge in [0.2, 0.25) is 5.91 Å². The number of hydrogen-bond acceptors (Lipinski definition) is 3. The van der Waals surface area contributed by atoms with E-state index in [0.29, 0.717) is 5.92 Å². The fourth-order valence-corrected chi connectivity index (χ4v) is 2.97. The molecule has 2 N–H and O–H groups in total. The van der Waals surface area contributed by atoms with Gasteiger partial charge in [-0.05, 0) is 49.8 Å². The van der Waals surface area contributed by atoms with Gasteiger partial charge in [0.05, 0.1) is 6.04 Å². The number of carbonyl (C=O) groups excluding carboxylic acids is 1. The third-order valence-corrected chi connectivity index (χ3v) is 4.29. The highest BCUT2D eigenvalue weighted by atomic mass is 16.5. The highest BCUT2D eigenvalue weighted by Gasteiger charge is 2.24. The van der Waals surface area contributed by atoms with Crippen LogP contribution in [0.2, 0.25) is 0 Å². The fourth-order valence-electron chi connectivity index (χ4n) is 2.97. The molecule has 0 bridgehead atoms. The molecule has 0 saturated carbocycles. The van der Waals surface area contributed by atoms with Crippen molar-refractivity contribution in [2.75, 3.05) is 25.1 Å². The first kappa shape index (κ1) is 13.6. The first-order valence-corrected chi connectivity index (χ1v) is 7.53. The maximum Gasteiger partial charge on any atom is 0.241 e. The van der Waals surface area contributed by atoms with Crippen LogP contribution in [0.3, 0.4) is 0 Å². The number of benzene rings is 1. The normalized spacial score (nSPS) is 23.8. The van der Waals surface area contributed by atoms with Crippen LogP contribution in [0, 0.1) is 5.92 Å². The molecule has 1 unspecified atom stereocenters. The minimum Gasteiger partial charge on any atom is -0.381 e. The highest BCUT2D eigenvalue weighted by molar-refractivity contribution is 5.96. The number of hydrogen-bond donors (Lipinski definition) is 2. The van der Waals surface area contributed by atoms with E-state index in [2.05, 4.69) is 16.7 Å². The van der Waals surface area contributed by atoms with Crippen molar-refractivity contribution in [3.05, 3.63) is 29.8 Å². The molecule has 108 valence electrons. The number of aryl methyl sites for hydroxylation is 1. The van der Waals surface area contributed by atoms with Gasteiger partial charge in [-0.3, -0.25) is 4.79 Å². The molecule has 4 heteroatoms. The number of amides is 1. The zero-order chi connectivity index (χ0) is 13.8. The molecule has 1 amide bonds. The highest BCUT2D eigenvalue weighted by Crippen LogP contribution is 2.22. The van der Waals surface area contributed by atoms with Crippen molar-refractivity contribution in [1.82, 2.24) is 5.32 Å². The molecule has 0 aromatic heterocycles. The molecule has 0 aliphatic carbocycles. The second-order valence-corrected chi connectivity index (χ2v) is 5.70. The second kappa shape index (κ2) is 6.37. The van der Waals surface area contributed by atoms with Crippen LogP contribution in [0.4, 0.5) is 5.69 Å². The number of carbonyl (C=O) groups is 1. The summed E-state index contributed by atoms with van der Waals surface area (Å²) in [5.41, 5.74) is 2.20. The van der Waals surface area contributed by atoms with Crippen LogP contribution in [-0.2, 0) is 16.0 Å². The van der Waals surface area contributed by atoms with E-state index in [1.165, 1.54) is 5.56 Å². The Morgan fingerprint density at radius 2 is 2.00 bits per heavy atom. The molecule has 2 heterocycles. The van der Waals surface area contributed by atoms with E-state index in [-0.39, 0.29) is 11.9 Å². The Kier molecular flexibility index (Phi) is 4.33. The van der Waals surface area contributed by atoms with E-state index in [9.17, 15) is 4.79 Å². The van der Waals surface area contributed by atoms with E-state index in [4.69, 9.17) is 4.74 Å². The number of fused-ring (bicyclic) bond motifs is 1. The summed E-state index contributed by atoms with van der Waals surface area (Å²) in [4.78, 5) is 12.3. The number of nitrogens with one attached hydrogen (secondary N) is 2. The van der Waals surface area contributed by atoms with Crippen molar-refractivity contribution in [1.29, 1.82) is 0 Å². The van der Waals surface area contributed by atoms with Gasteiger partial charge in [0.1, 0.15) is 0 Å². The van der Waals surface area contributed by atoms with E-state index in [1.54, 1.807) is 0 Å². The maximum absolute atomic E-state index is 12.3. The van der Waals surface area contributed by atoms with Gasteiger partial charge in [-0.1, -0.05) is 18.2 Å². The van der Waals surface area contributed by atoms with Crippen molar-refractivity contribution in [2.45, 2.75) is 31.7 Å². The lowest BCUT2D eigenvalue weighted by Crippen LogP contribution is -2.42. The zero-order valence-corrected chi connectivity index (χ0v) is 11.7. The molecule has 20 heavy (non-hydrogen) atoms. The van der Waals surface area contributed by atoms with Crippen molar-refractivity contribution < 1.29 is 9.53 Å². The van der Waals surface area contributed by atoms with Crippen LogP contribution in [-0.4, -0.2) is 31.7 Å². The van der Waals surface area contributed by atoms with Crippen LogP contribution in [0.1, 0.15) is 24.8 Å². The van der Waals surface area contributed by atoms with E-state index in [1.807, 2.05) is 18.2 Å².